The first-order valence-electron chi connectivity index (χ1n) is 7.36. The third-order valence-corrected chi connectivity index (χ3v) is 3.42. The average molecular weight is 301 g/mol. The van der Waals surface area contributed by atoms with Crippen LogP contribution in [0, 0.1) is 5.82 Å². The quantitative estimate of drug-likeness (QED) is 0.882. The van der Waals surface area contributed by atoms with E-state index in [0.29, 0.717) is 24.5 Å². The summed E-state index contributed by atoms with van der Waals surface area (Å²) in [4.78, 5) is 12.2. The number of carbonyl (C=O) groups is 1. The van der Waals surface area contributed by atoms with Crippen molar-refractivity contribution in [2.45, 2.75) is 19.8 Å². The molecule has 0 radical (unpaired) electrons. The first-order valence-corrected chi connectivity index (χ1v) is 7.36. The first-order chi connectivity index (χ1) is 10.6. The lowest BCUT2D eigenvalue weighted by atomic mass is 10.0. The van der Waals surface area contributed by atoms with Gasteiger partial charge in [-0.2, -0.15) is 0 Å². The molecule has 0 saturated heterocycles. The highest BCUT2D eigenvalue weighted by atomic mass is 19.1. The summed E-state index contributed by atoms with van der Waals surface area (Å²) in [6.07, 6.45) is 0. The molecule has 4 heteroatoms. The van der Waals surface area contributed by atoms with Crippen molar-refractivity contribution in [2.24, 2.45) is 0 Å². The molecule has 0 aromatic heterocycles. The third kappa shape index (κ3) is 4.32. The van der Waals surface area contributed by atoms with E-state index in [0.717, 1.165) is 5.56 Å². The fraction of sp³-hybridized carbons (Fsp3) is 0.278. The van der Waals surface area contributed by atoms with Crippen LogP contribution in [0.3, 0.4) is 0 Å². The van der Waals surface area contributed by atoms with Gasteiger partial charge in [-0.3, -0.25) is 4.79 Å². The van der Waals surface area contributed by atoms with Gasteiger partial charge >= 0.3 is 0 Å². The van der Waals surface area contributed by atoms with Crippen molar-refractivity contribution in [1.29, 1.82) is 0 Å². The second-order valence-corrected chi connectivity index (χ2v) is 5.12. The summed E-state index contributed by atoms with van der Waals surface area (Å²) in [5, 5.41) is 2.89. The van der Waals surface area contributed by atoms with E-state index in [9.17, 15) is 9.18 Å². The molecule has 1 amide bonds. The van der Waals surface area contributed by atoms with Crippen molar-refractivity contribution in [3.05, 3.63) is 65.5 Å². The number of benzene rings is 2. The molecule has 2 aromatic rings. The molecule has 1 N–H and O–H groups in total. The predicted octanol–water partition coefficient (Wildman–Crippen LogP) is 3.76. The Kier molecular flexibility index (Phi) is 5.53. The van der Waals surface area contributed by atoms with Gasteiger partial charge in [-0.15, -0.1) is 0 Å². The van der Waals surface area contributed by atoms with Gasteiger partial charge in [-0.1, -0.05) is 25.1 Å². The molecule has 2 aromatic carbocycles. The Morgan fingerprint density at radius 1 is 1.23 bits per heavy atom. The molecule has 1 unspecified atom stereocenters. The van der Waals surface area contributed by atoms with E-state index in [1.54, 1.807) is 30.3 Å². The summed E-state index contributed by atoms with van der Waals surface area (Å²) in [6.45, 7) is 4.94. The number of hydrogen-bond donors (Lipinski definition) is 1. The summed E-state index contributed by atoms with van der Waals surface area (Å²) in [7, 11) is 0. The van der Waals surface area contributed by atoms with Crippen LogP contribution in [0.25, 0.3) is 0 Å². The van der Waals surface area contributed by atoms with E-state index in [1.165, 1.54) is 12.1 Å². The van der Waals surface area contributed by atoms with Crippen molar-refractivity contribution in [3.8, 4) is 5.75 Å². The molecule has 0 bridgehead atoms. The number of hydrogen-bond acceptors (Lipinski definition) is 2. The highest BCUT2D eigenvalue weighted by Gasteiger charge is 2.10. The molecule has 0 aliphatic rings. The van der Waals surface area contributed by atoms with Gasteiger partial charge in [0.05, 0.1) is 6.61 Å². The maximum Gasteiger partial charge on any atom is 0.251 e. The van der Waals surface area contributed by atoms with Gasteiger partial charge in [-0.05, 0) is 48.7 Å². The molecule has 0 aliphatic carbocycles. The number of rotatable bonds is 6. The van der Waals surface area contributed by atoms with E-state index in [-0.39, 0.29) is 17.6 Å². The van der Waals surface area contributed by atoms with Crippen LogP contribution in [0.4, 0.5) is 4.39 Å². The predicted molar refractivity (Wildman–Crippen MR) is 84.8 cm³/mol. The van der Waals surface area contributed by atoms with Gasteiger partial charge in [0.15, 0.2) is 0 Å². The Labute approximate surface area is 130 Å². The number of nitrogens with one attached hydrogen (secondary N) is 1. The smallest absolute Gasteiger partial charge is 0.251 e. The molecular formula is C18H20FNO2. The number of halogens is 1. The highest BCUT2D eigenvalue weighted by Crippen LogP contribution is 2.16. The van der Waals surface area contributed by atoms with Crippen LogP contribution in [0.2, 0.25) is 0 Å². The van der Waals surface area contributed by atoms with Crippen molar-refractivity contribution in [1.82, 2.24) is 5.32 Å². The lowest BCUT2D eigenvalue weighted by Crippen LogP contribution is -2.27. The minimum atomic E-state index is -0.257. The molecule has 0 spiro atoms. The molecule has 116 valence electrons. The lowest BCUT2D eigenvalue weighted by Gasteiger charge is -2.13. The van der Waals surface area contributed by atoms with E-state index < -0.39 is 0 Å². The van der Waals surface area contributed by atoms with Gasteiger partial charge in [0.25, 0.3) is 5.91 Å². The number of ether oxygens (including phenoxy) is 1. The largest absolute Gasteiger partial charge is 0.494 e. The van der Waals surface area contributed by atoms with Gasteiger partial charge < -0.3 is 10.1 Å². The molecule has 0 aliphatic heterocycles. The van der Waals surface area contributed by atoms with Gasteiger partial charge in [0, 0.05) is 12.1 Å². The summed E-state index contributed by atoms with van der Waals surface area (Å²) in [5.74, 6) is 0.393. The topological polar surface area (TPSA) is 38.3 Å². The fourth-order valence-corrected chi connectivity index (χ4v) is 2.15. The molecule has 0 fully saturated rings. The minimum absolute atomic E-state index is 0.111. The molecule has 0 heterocycles. The van der Waals surface area contributed by atoms with Crippen molar-refractivity contribution in [3.63, 3.8) is 0 Å². The number of carbonyl (C=O) groups excluding carboxylic acids is 1. The molecule has 3 nitrogen and oxygen atoms in total. The minimum Gasteiger partial charge on any atom is -0.494 e. The Morgan fingerprint density at radius 3 is 2.64 bits per heavy atom. The molecule has 2 rings (SSSR count). The SMILES string of the molecule is CCOc1cccc(C(=O)NCC(C)c2ccc(F)cc2)c1. The van der Waals surface area contributed by atoms with Crippen LogP contribution in [0.5, 0.6) is 5.75 Å². The standard InChI is InChI=1S/C18H20FNO2/c1-3-22-17-6-4-5-15(11-17)18(21)20-12-13(2)14-7-9-16(19)10-8-14/h4-11,13H,3,12H2,1-2H3,(H,20,21). The maximum absolute atomic E-state index is 12.9. The second-order valence-electron chi connectivity index (χ2n) is 5.12. The van der Waals surface area contributed by atoms with E-state index >= 15 is 0 Å². The summed E-state index contributed by atoms with van der Waals surface area (Å²) in [5.41, 5.74) is 1.56. The Morgan fingerprint density at radius 2 is 1.95 bits per heavy atom. The van der Waals surface area contributed by atoms with Crippen LogP contribution >= 0.6 is 0 Å². The van der Waals surface area contributed by atoms with Gasteiger partial charge in [0.2, 0.25) is 0 Å². The average Bonchev–Trinajstić information content (AvgIpc) is 2.53. The summed E-state index contributed by atoms with van der Waals surface area (Å²) >= 11 is 0. The first kappa shape index (κ1) is 16.0. The molecular weight excluding hydrogens is 281 g/mol. The van der Waals surface area contributed by atoms with Crippen LogP contribution in [-0.2, 0) is 0 Å². The summed E-state index contributed by atoms with van der Waals surface area (Å²) in [6, 6.07) is 13.4. The molecule has 1 atom stereocenters. The third-order valence-electron chi connectivity index (χ3n) is 3.42. The molecule has 0 saturated carbocycles. The highest BCUT2D eigenvalue weighted by molar-refractivity contribution is 5.94. The molecule has 22 heavy (non-hydrogen) atoms. The lowest BCUT2D eigenvalue weighted by molar-refractivity contribution is 0.0951. The van der Waals surface area contributed by atoms with Crippen LogP contribution in [0.15, 0.2) is 48.5 Å². The second kappa shape index (κ2) is 7.59. The van der Waals surface area contributed by atoms with Crippen LogP contribution in [-0.4, -0.2) is 19.1 Å². The van der Waals surface area contributed by atoms with Crippen molar-refractivity contribution >= 4 is 5.91 Å². The van der Waals surface area contributed by atoms with Crippen molar-refractivity contribution in [2.75, 3.05) is 13.2 Å². The fourth-order valence-electron chi connectivity index (χ4n) is 2.15. The zero-order valence-electron chi connectivity index (χ0n) is 12.8. The number of amides is 1. The van der Waals surface area contributed by atoms with Gasteiger partial charge in [0.1, 0.15) is 11.6 Å². The Hall–Kier alpha value is -2.36. The van der Waals surface area contributed by atoms with Crippen LogP contribution < -0.4 is 10.1 Å². The normalized spacial score (nSPS) is 11.8. The van der Waals surface area contributed by atoms with E-state index in [2.05, 4.69) is 5.32 Å². The monoisotopic (exact) mass is 301 g/mol. The van der Waals surface area contributed by atoms with E-state index in [4.69, 9.17) is 4.74 Å². The van der Waals surface area contributed by atoms with Crippen LogP contribution in [0.1, 0.15) is 35.7 Å². The van der Waals surface area contributed by atoms with Crippen molar-refractivity contribution < 1.29 is 13.9 Å². The van der Waals surface area contributed by atoms with E-state index in [1.807, 2.05) is 19.9 Å². The van der Waals surface area contributed by atoms with Gasteiger partial charge in [-0.25, -0.2) is 4.39 Å². The zero-order chi connectivity index (χ0) is 15.9. The maximum atomic E-state index is 12.9. The Bertz CT molecular complexity index is 625. The summed E-state index contributed by atoms with van der Waals surface area (Å²) < 4.78 is 18.3. The zero-order valence-corrected chi connectivity index (χ0v) is 12.8. The Balaban J connectivity index is 1.94.